The van der Waals surface area contributed by atoms with Crippen LogP contribution in [-0.4, -0.2) is 36.2 Å². The monoisotopic (exact) mass is 254 g/mol. The van der Waals surface area contributed by atoms with Gasteiger partial charge in [-0.05, 0) is 44.6 Å². The van der Waals surface area contributed by atoms with Crippen LogP contribution in [0.5, 0.6) is 0 Å². The zero-order chi connectivity index (χ0) is 13.8. The first-order chi connectivity index (χ1) is 8.11. The molecule has 1 aliphatic heterocycles. The number of amides is 1. The second kappa shape index (κ2) is 3.86. The van der Waals surface area contributed by atoms with Crippen LogP contribution in [0.15, 0.2) is 0 Å². The molecule has 0 radical (unpaired) electrons. The molecule has 0 spiro atoms. The fourth-order valence-electron chi connectivity index (χ4n) is 3.26. The normalized spacial score (nSPS) is 30.9. The Labute approximate surface area is 110 Å². The van der Waals surface area contributed by atoms with Gasteiger partial charge in [-0.3, -0.25) is 0 Å². The van der Waals surface area contributed by atoms with Crippen molar-refractivity contribution in [2.45, 2.75) is 46.6 Å². The van der Waals surface area contributed by atoms with E-state index in [0.29, 0.717) is 11.3 Å². The SMILES string of the molecule is CC(C)(C)OC(=O)N1CC(C2(CN)CC2(C)C)C1. The molecule has 1 atom stereocenters. The molecule has 104 valence electrons. The van der Waals surface area contributed by atoms with Crippen molar-refractivity contribution in [2.24, 2.45) is 22.5 Å². The van der Waals surface area contributed by atoms with Crippen molar-refractivity contribution in [2.75, 3.05) is 19.6 Å². The molecular formula is C14H26N2O2. The summed E-state index contributed by atoms with van der Waals surface area (Å²) in [6, 6.07) is 0. The van der Waals surface area contributed by atoms with Crippen LogP contribution in [0.25, 0.3) is 0 Å². The highest BCUT2D eigenvalue weighted by Gasteiger charge is 2.66. The summed E-state index contributed by atoms with van der Waals surface area (Å²) in [4.78, 5) is 13.6. The van der Waals surface area contributed by atoms with E-state index in [9.17, 15) is 4.79 Å². The molecule has 1 amide bonds. The Hall–Kier alpha value is -0.770. The first-order valence-corrected chi connectivity index (χ1v) is 6.79. The molecule has 18 heavy (non-hydrogen) atoms. The highest BCUT2D eigenvalue weighted by atomic mass is 16.6. The fraction of sp³-hybridized carbons (Fsp3) is 0.929. The number of carbonyl (C=O) groups excluding carboxylic acids is 1. The van der Waals surface area contributed by atoms with Gasteiger partial charge in [-0.25, -0.2) is 4.79 Å². The summed E-state index contributed by atoms with van der Waals surface area (Å²) in [5.74, 6) is 0.546. The van der Waals surface area contributed by atoms with Gasteiger partial charge in [0.2, 0.25) is 0 Å². The Morgan fingerprint density at radius 1 is 1.39 bits per heavy atom. The van der Waals surface area contributed by atoms with E-state index in [1.807, 2.05) is 20.8 Å². The lowest BCUT2D eigenvalue weighted by Crippen LogP contribution is -2.56. The molecule has 0 aromatic rings. The Balaban J connectivity index is 1.86. The molecule has 0 bridgehead atoms. The van der Waals surface area contributed by atoms with Crippen LogP contribution >= 0.6 is 0 Å². The van der Waals surface area contributed by atoms with E-state index in [1.165, 1.54) is 6.42 Å². The molecule has 4 heteroatoms. The fourth-order valence-corrected chi connectivity index (χ4v) is 3.26. The molecule has 1 saturated carbocycles. The molecule has 2 N–H and O–H groups in total. The van der Waals surface area contributed by atoms with Crippen molar-refractivity contribution in [3.63, 3.8) is 0 Å². The van der Waals surface area contributed by atoms with E-state index >= 15 is 0 Å². The van der Waals surface area contributed by atoms with E-state index in [-0.39, 0.29) is 11.5 Å². The van der Waals surface area contributed by atoms with Gasteiger partial charge in [-0.15, -0.1) is 0 Å². The molecule has 0 aromatic carbocycles. The van der Waals surface area contributed by atoms with Gasteiger partial charge >= 0.3 is 6.09 Å². The summed E-state index contributed by atoms with van der Waals surface area (Å²) in [6.07, 6.45) is 0.993. The van der Waals surface area contributed by atoms with Gasteiger partial charge in [-0.1, -0.05) is 13.8 Å². The van der Waals surface area contributed by atoms with Crippen molar-refractivity contribution < 1.29 is 9.53 Å². The van der Waals surface area contributed by atoms with Gasteiger partial charge in [0.05, 0.1) is 0 Å². The number of rotatable bonds is 2. The molecule has 1 heterocycles. The van der Waals surface area contributed by atoms with Gasteiger partial charge in [0.1, 0.15) is 5.60 Å². The second-order valence-electron chi connectivity index (χ2n) is 7.50. The standard InChI is InChI=1S/C14H26N2O2/c1-12(2,3)18-11(17)16-6-10(7-16)14(9-15)8-13(14,4)5/h10H,6-9,15H2,1-5H3. The van der Waals surface area contributed by atoms with E-state index < -0.39 is 5.60 Å². The van der Waals surface area contributed by atoms with Crippen LogP contribution in [0.2, 0.25) is 0 Å². The smallest absolute Gasteiger partial charge is 0.410 e. The topological polar surface area (TPSA) is 55.6 Å². The van der Waals surface area contributed by atoms with Gasteiger partial charge < -0.3 is 15.4 Å². The lowest BCUT2D eigenvalue weighted by molar-refractivity contribution is -0.0177. The summed E-state index contributed by atoms with van der Waals surface area (Å²) in [5.41, 5.74) is 6.13. The maximum Gasteiger partial charge on any atom is 0.410 e. The minimum atomic E-state index is -0.410. The van der Waals surface area contributed by atoms with E-state index in [4.69, 9.17) is 10.5 Å². The molecule has 4 nitrogen and oxygen atoms in total. The van der Waals surface area contributed by atoms with Crippen LogP contribution in [-0.2, 0) is 4.74 Å². The van der Waals surface area contributed by atoms with Crippen LogP contribution < -0.4 is 5.73 Å². The van der Waals surface area contributed by atoms with Gasteiger partial charge in [0.15, 0.2) is 0 Å². The lowest BCUT2D eigenvalue weighted by Gasteiger charge is -2.45. The number of hydrogen-bond acceptors (Lipinski definition) is 3. The van der Waals surface area contributed by atoms with Crippen molar-refractivity contribution >= 4 is 6.09 Å². The van der Waals surface area contributed by atoms with Gasteiger partial charge in [0, 0.05) is 19.0 Å². The number of likely N-dealkylation sites (tertiary alicyclic amines) is 1. The number of nitrogens with zero attached hydrogens (tertiary/aromatic N) is 1. The summed E-state index contributed by atoms with van der Waals surface area (Å²) in [5, 5.41) is 0. The third-order valence-electron chi connectivity index (χ3n) is 4.66. The minimum absolute atomic E-state index is 0.190. The van der Waals surface area contributed by atoms with Crippen molar-refractivity contribution in [3.8, 4) is 0 Å². The molecule has 1 aliphatic carbocycles. The largest absolute Gasteiger partial charge is 0.444 e. The highest BCUT2D eigenvalue weighted by Crippen LogP contribution is 2.68. The van der Waals surface area contributed by atoms with Gasteiger partial charge in [0.25, 0.3) is 0 Å². The maximum absolute atomic E-state index is 11.9. The quantitative estimate of drug-likeness (QED) is 0.822. The number of carbonyl (C=O) groups is 1. The number of hydrogen-bond donors (Lipinski definition) is 1. The van der Waals surface area contributed by atoms with E-state index in [1.54, 1.807) is 4.90 Å². The highest BCUT2D eigenvalue weighted by molar-refractivity contribution is 5.69. The predicted octanol–water partition coefficient (Wildman–Crippen LogP) is 2.23. The van der Waals surface area contributed by atoms with E-state index in [0.717, 1.165) is 19.6 Å². The molecule has 2 fully saturated rings. The molecule has 0 aromatic heterocycles. The maximum atomic E-state index is 11.9. The van der Waals surface area contributed by atoms with Crippen molar-refractivity contribution in [1.82, 2.24) is 4.90 Å². The third-order valence-corrected chi connectivity index (χ3v) is 4.66. The molecular weight excluding hydrogens is 228 g/mol. The first kappa shape index (κ1) is 13.7. The minimum Gasteiger partial charge on any atom is -0.444 e. The summed E-state index contributed by atoms with van der Waals surface area (Å²) < 4.78 is 5.36. The Bertz CT molecular complexity index is 353. The zero-order valence-electron chi connectivity index (χ0n) is 12.2. The van der Waals surface area contributed by atoms with Crippen LogP contribution in [0, 0.1) is 16.7 Å². The molecule has 2 aliphatic rings. The number of nitrogens with two attached hydrogens (primary N) is 1. The average molecular weight is 254 g/mol. The molecule has 1 unspecified atom stereocenters. The van der Waals surface area contributed by atoms with Crippen molar-refractivity contribution in [3.05, 3.63) is 0 Å². The summed E-state index contributed by atoms with van der Waals surface area (Å²) in [6.45, 7) is 12.6. The van der Waals surface area contributed by atoms with Crippen LogP contribution in [0.4, 0.5) is 4.79 Å². The zero-order valence-corrected chi connectivity index (χ0v) is 12.2. The Morgan fingerprint density at radius 3 is 2.22 bits per heavy atom. The number of ether oxygens (including phenoxy) is 1. The molecule has 2 rings (SSSR count). The summed E-state index contributed by atoms with van der Waals surface area (Å²) >= 11 is 0. The average Bonchev–Trinajstić information content (AvgIpc) is 2.63. The van der Waals surface area contributed by atoms with Crippen LogP contribution in [0.1, 0.15) is 41.0 Å². The van der Waals surface area contributed by atoms with Crippen LogP contribution in [0.3, 0.4) is 0 Å². The van der Waals surface area contributed by atoms with E-state index in [2.05, 4.69) is 13.8 Å². The predicted molar refractivity (Wildman–Crippen MR) is 71.2 cm³/mol. The molecule has 1 saturated heterocycles. The Kier molecular flexibility index (Phi) is 2.93. The first-order valence-electron chi connectivity index (χ1n) is 6.79. The van der Waals surface area contributed by atoms with Gasteiger partial charge in [-0.2, -0.15) is 0 Å². The van der Waals surface area contributed by atoms with Crippen molar-refractivity contribution in [1.29, 1.82) is 0 Å². The second-order valence-corrected chi connectivity index (χ2v) is 7.50. The Morgan fingerprint density at radius 2 is 1.89 bits per heavy atom. The third kappa shape index (κ3) is 2.11. The lowest BCUT2D eigenvalue weighted by atomic mass is 9.78. The summed E-state index contributed by atoms with van der Waals surface area (Å²) in [7, 11) is 0.